The summed E-state index contributed by atoms with van der Waals surface area (Å²) in [6, 6.07) is 6.82. The van der Waals surface area contributed by atoms with Crippen molar-refractivity contribution in [2.24, 2.45) is 5.92 Å². The smallest absolute Gasteiger partial charge is 0.0409 e. The molecule has 20 heavy (non-hydrogen) atoms. The topological polar surface area (TPSA) is 12.0 Å². The molecule has 0 bridgehead atoms. The minimum Gasteiger partial charge on any atom is -0.310 e. The van der Waals surface area contributed by atoms with E-state index in [4.69, 9.17) is 11.6 Å². The van der Waals surface area contributed by atoms with Gasteiger partial charge < -0.3 is 5.32 Å². The molecule has 1 N–H and O–H groups in total. The molecule has 1 aliphatic rings. The van der Waals surface area contributed by atoms with Crippen LogP contribution in [0.2, 0.25) is 5.02 Å². The van der Waals surface area contributed by atoms with Gasteiger partial charge in [0.1, 0.15) is 0 Å². The highest BCUT2D eigenvalue weighted by Crippen LogP contribution is 2.35. The molecule has 0 amide bonds. The predicted octanol–water partition coefficient (Wildman–Crippen LogP) is 5.66. The molecule has 0 aromatic heterocycles. The Kier molecular flexibility index (Phi) is 6.38. The molecule has 2 rings (SSSR count). The van der Waals surface area contributed by atoms with Crippen LogP contribution in [0.5, 0.6) is 0 Å². The van der Waals surface area contributed by atoms with Crippen molar-refractivity contribution in [1.29, 1.82) is 0 Å². The van der Waals surface area contributed by atoms with E-state index in [0.717, 1.165) is 17.5 Å². The van der Waals surface area contributed by atoms with Crippen LogP contribution in [0.25, 0.3) is 0 Å². The lowest BCUT2D eigenvalue weighted by Gasteiger charge is -2.29. The average molecular weight is 294 g/mol. The van der Waals surface area contributed by atoms with Gasteiger partial charge in [-0.2, -0.15) is 0 Å². The lowest BCUT2D eigenvalue weighted by Crippen LogP contribution is -2.29. The zero-order valence-corrected chi connectivity index (χ0v) is 13.7. The number of benzene rings is 1. The van der Waals surface area contributed by atoms with Crippen LogP contribution in [-0.4, -0.2) is 6.54 Å². The number of nitrogens with one attached hydrogen (secondary N) is 1. The second-order valence-electron chi connectivity index (χ2n) is 6.18. The summed E-state index contributed by atoms with van der Waals surface area (Å²) in [6.45, 7) is 5.54. The summed E-state index contributed by atoms with van der Waals surface area (Å²) in [5.74, 6) is 0.765. The van der Waals surface area contributed by atoms with Gasteiger partial charge in [-0.3, -0.25) is 0 Å². The van der Waals surface area contributed by atoms with E-state index in [2.05, 4.69) is 31.3 Å². The van der Waals surface area contributed by atoms with Crippen LogP contribution >= 0.6 is 11.6 Å². The van der Waals surface area contributed by atoms with E-state index in [1.165, 1.54) is 56.1 Å². The molecule has 1 unspecified atom stereocenters. The van der Waals surface area contributed by atoms with Crippen molar-refractivity contribution < 1.29 is 0 Å². The van der Waals surface area contributed by atoms with Gasteiger partial charge in [-0.05, 0) is 61.9 Å². The SMILES string of the molecule is CCCNC(c1cc(Cl)ccc1C)C1CCCCCC1. The minimum atomic E-state index is 0.478. The molecule has 112 valence electrons. The number of rotatable bonds is 5. The third kappa shape index (κ3) is 4.23. The van der Waals surface area contributed by atoms with Crippen molar-refractivity contribution in [3.63, 3.8) is 0 Å². The fraction of sp³-hybridized carbons (Fsp3) is 0.667. The maximum absolute atomic E-state index is 6.24. The molecule has 0 aliphatic heterocycles. The van der Waals surface area contributed by atoms with E-state index >= 15 is 0 Å². The van der Waals surface area contributed by atoms with E-state index in [0.29, 0.717) is 6.04 Å². The summed E-state index contributed by atoms with van der Waals surface area (Å²) < 4.78 is 0. The molecule has 1 saturated carbocycles. The molecule has 2 heteroatoms. The lowest BCUT2D eigenvalue weighted by atomic mass is 9.85. The number of halogens is 1. The largest absolute Gasteiger partial charge is 0.310 e. The molecule has 1 atom stereocenters. The van der Waals surface area contributed by atoms with E-state index in [-0.39, 0.29) is 0 Å². The molecule has 0 saturated heterocycles. The number of aryl methyl sites for hydroxylation is 1. The molecule has 1 nitrogen and oxygen atoms in total. The summed E-state index contributed by atoms with van der Waals surface area (Å²) >= 11 is 6.24. The van der Waals surface area contributed by atoms with Crippen LogP contribution in [-0.2, 0) is 0 Å². The van der Waals surface area contributed by atoms with E-state index < -0.39 is 0 Å². The zero-order chi connectivity index (χ0) is 14.4. The summed E-state index contributed by atoms with van der Waals surface area (Å²) in [6.07, 6.45) is 9.48. The normalized spacial score (nSPS) is 18.8. The molecule has 0 spiro atoms. The van der Waals surface area contributed by atoms with Gasteiger partial charge in [0, 0.05) is 11.1 Å². The number of hydrogen-bond acceptors (Lipinski definition) is 1. The Hall–Kier alpha value is -0.530. The van der Waals surface area contributed by atoms with Gasteiger partial charge in [0.2, 0.25) is 0 Å². The fourth-order valence-electron chi connectivity index (χ4n) is 3.42. The Bertz CT molecular complexity index is 408. The first-order valence-electron chi connectivity index (χ1n) is 8.21. The molecule has 1 aliphatic carbocycles. The summed E-state index contributed by atoms with van der Waals surface area (Å²) in [7, 11) is 0. The van der Waals surface area contributed by atoms with E-state index in [1.54, 1.807) is 0 Å². The Morgan fingerprint density at radius 2 is 1.90 bits per heavy atom. The highest BCUT2D eigenvalue weighted by atomic mass is 35.5. The van der Waals surface area contributed by atoms with Gasteiger partial charge in [-0.25, -0.2) is 0 Å². The van der Waals surface area contributed by atoms with Gasteiger partial charge in [-0.15, -0.1) is 0 Å². The quantitative estimate of drug-likeness (QED) is 0.691. The zero-order valence-electron chi connectivity index (χ0n) is 12.9. The van der Waals surface area contributed by atoms with Crippen molar-refractivity contribution in [3.05, 3.63) is 34.3 Å². The highest BCUT2D eigenvalue weighted by molar-refractivity contribution is 6.30. The van der Waals surface area contributed by atoms with Crippen LogP contribution in [0.1, 0.15) is 69.0 Å². The monoisotopic (exact) mass is 293 g/mol. The third-order valence-corrected chi connectivity index (χ3v) is 4.80. The summed E-state index contributed by atoms with van der Waals surface area (Å²) in [4.78, 5) is 0. The Labute approximate surface area is 129 Å². The third-order valence-electron chi connectivity index (χ3n) is 4.56. The molecular formula is C18H28ClN. The van der Waals surface area contributed by atoms with Crippen molar-refractivity contribution in [1.82, 2.24) is 5.32 Å². The van der Waals surface area contributed by atoms with E-state index in [1.807, 2.05) is 6.07 Å². The van der Waals surface area contributed by atoms with Gasteiger partial charge in [0.05, 0.1) is 0 Å². The Morgan fingerprint density at radius 3 is 2.55 bits per heavy atom. The molecule has 0 heterocycles. The standard InChI is InChI=1S/C18H28ClN/c1-3-12-20-18(15-8-6-4-5-7-9-15)17-13-16(19)11-10-14(17)2/h10-11,13,15,18,20H,3-9,12H2,1-2H3. The average Bonchev–Trinajstić information content (AvgIpc) is 2.72. The molecule has 1 aromatic carbocycles. The molecule has 1 aromatic rings. The van der Waals surface area contributed by atoms with Crippen LogP contribution < -0.4 is 5.32 Å². The highest BCUT2D eigenvalue weighted by Gasteiger charge is 2.24. The van der Waals surface area contributed by atoms with E-state index in [9.17, 15) is 0 Å². The van der Waals surface area contributed by atoms with Gasteiger partial charge >= 0.3 is 0 Å². The van der Waals surface area contributed by atoms with Crippen molar-refractivity contribution >= 4 is 11.6 Å². The maximum atomic E-state index is 6.24. The lowest BCUT2D eigenvalue weighted by molar-refractivity contribution is 0.325. The Balaban J connectivity index is 2.22. The fourth-order valence-corrected chi connectivity index (χ4v) is 3.60. The predicted molar refractivity (Wildman–Crippen MR) is 88.4 cm³/mol. The van der Waals surface area contributed by atoms with Crippen LogP contribution in [0.15, 0.2) is 18.2 Å². The van der Waals surface area contributed by atoms with Gasteiger partial charge in [0.25, 0.3) is 0 Å². The molecule has 1 fully saturated rings. The second-order valence-corrected chi connectivity index (χ2v) is 6.62. The minimum absolute atomic E-state index is 0.478. The number of hydrogen-bond donors (Lipinski definition) is 1. The van der Waals surface area contributed by atoms with Gasteiger partial charge in [-0.1, -0.05) is 50.3 Å². The second kappa shape index (κ2) is 8.05. The first-order valence-corrected chi connectivity index (χ1v) is 8.59. The van der Waals surface area contributed by atoms with Crippen molar-refractivity contribution in [2.75, 3.05) is 6.54 Å². The van der Waals surface area contributed by atoms with Crippen molar-refractivity contribution in [3.8, 4) is 0 Å². The summed E-state index contributed by atoms with van der Waals surface area (Å²) in [5, 5.41) is 4.66. The Morgan fingerprint density at radius 1 is 1.20 bits per heavy atom. The van der Waals surface area contributed by atoms with Gasteiger partial charge in [0.15, 0.2) is 0 Å². The van der Waals surface area contributed by atoms with Crippen LogP contribution in [0.3, 0.4) is 0 Å². The maximum Gasteiger partial charge on any atom is 0.0409 e. The molecular weight excluding hydrogens is 266 g/mol. The van der Waals surface area contributed by atoms with Crippen LogP contribution in [0, 0.1) is 12.8 Å². The first kappa shape index (κ1) is 15.9. The molecule has 0 radical (unpaired) electrons. The van der Waals surface area contributed by atoms with Crippen LogP contribution in [0.4, 0.5) is 0 Å². The van der Waals surface area contributed by atoms with Crippen molar-refractivity contribution in [2.45, 2.75) is 64.8 Å². The summed E-state index contributed by atoms with van der Waals surface area (Å²) in [5.41, 5.74) is 2.78. The first-order chi connectivity index (χ1) is 9.72.